The van der Waals surface area contributed by atoms with Crippen molar-refractivity contribution in [1.82, 2.24) is 0 Å². The second kappa shape index (κ2) is 25.6. The SMILES string of the molecule is CC=[C]=[Ru][Cl].c1ccc(P(CP(c2ccccc2)c2ccccc2)c2ccccc2)cc1.c1ccc(P(CP(c2ccccc2)c2ccccc2)c2ccccc2)cc1. The van der Waals surface area contributed by atoms with Crippen LogP contribution in [-0.2, 0) is 15.7 Å². The van der Waals surface area contributed by atoms with Crippen molar-refractivity contribution in [3.8, 4) is 0 Å². The maximum absolute atomic E-state index is 5.25. The Kier molecular flexibility index (Phi) is 19.4. The van der Waals surface area contributed by atoms with E-state index in [1.165, 1.54) is 54.2 Å². The number of benzene rings is 8. The maximum Gasteiger partial charge on any atom is 0.00405 e. The van der Waals surface area contributed by atoms with Crippen LogP contribution >= 0.6 is 41.4 Å². The van der Waals surface area contributed by atoms with Crippen LogP contribution in [0.5, 0.6) is 0 Å². The van der Waals surface area contributed by atoms with Gasteiger partial charge in [-0.2, -0.15) is 0 Å². The summed E-state index contributed by atoms with van der Waals surface area (Å²) in [4.78, 5) is 0. The third-order valence-electron chi connectivity index (χ3n) is 9.25. The molecular formula is C53H48ClP4Ru. The van der Waals surface area contributed by atoms with Crippen LogP contribution in [0.1, 0.15) is 6.92 Å². The van der Waals surface area contributed by atoms with Crippen molar-refractivity contribution in [1.29, 1.82) is 0 Å². The standard InChI is InChI=1S/2C25H22P2.C3H4.ClH.Ru/c2*1-5-13-22(14-6-1)26(23-15-7-2-8-16-23)21-27(24-17-9-3-10-18-24)25-19-11-4-12-20-25;1-3-2;;/h2*1-20H,21H2;3H,1H3;1H;/q;;;;+1/p-1. The summed E-state index contributed by atoms with van der Waals surface area (Å²) in [5, 5.41) is 11.7. The zero-order valence-electron chi connectivity index (χ0n) is 33.1. The molecular weight excluding hydrogens is 897 g/mol. The first-order valence-corrected chi connectivity index (χ1v) is 28.7. The monoisotopic (exact) mass is 945 g/mol. The fraction of sp³-hybridized carbons (Fsp3) is 0.0566. The summed E-state index contributed by atoms with van der Waals surface area (Å²) >= 11 is -0.0921. The predicted octanol–water partition coefficient (Wildman–Crippen LogP) is 11.6. The summed E-state index contributed by atoms with van der Waals surface area (Å²) < 4.78 is 2.84. The van der Waals surface area contributed by atoms with Gasteiger partial charge >= 0.3 is 42.6 Å². The number of hydrogen-bond donors (Lipinski definition) is 0. The van der Waals surface area contributed by atoms with Crippen molar-refractivity contribution in [2.45, 2.75) is 6.92 Å². The van der Waals surface area contributed by atoms with E-state index in [0.717, 1.165) is 0 Å². The van der Waals surface area contributed by atoms with Gasteiger partial charge in [0.15, 0.2) is 0 Å². The van der Waals surface area contributed by atoms with Crippen molar-refractivity contribution in [2.75, 3.05) is 11.8 Å². The van der Waals surface area contributed by atoms with Crippen LogP contribution in [0.15, 0.2) is 249 Å². The molecule has 0 amide bonds. The van der Waals surface area contributed by atoms with E-state index in [9.17, 15) is 0 Å². The molecule has 0 aromatic heterocycles. The molecule has 8 aromatic rings. The number of hydrogen-bond acceptors (Lipinski definition) is 0. The minimum atomic E-state index is -0.409. The molecule has 8 rings (SSSR count). The average molecular weight is 945 g/mol. The third kappa shape index (κ3) is 14.1. The summed E-state index contributed by atoms with van der Waals surface area (Å²) in [6.45, 7) is 1.91. The van der Waals surface area contributed by atoms with Crippen molar-refractivity contribution < 1.29 is 15.7 Å². The Balaban J connectivity index is 0.000000178. The second-order valence-corrected chi connectivity index (χ2v) is 24.6. The molecule has 295 valence electrons. The minimum Gasteiger partial charge on any atom is -0.0622 e. The van der Waals surface area contributed by atoms with Crippen LogP contribution in [0.3, 0.4) is 0 Å². The van der Waals surface area contributed by atoms with E-state index >= 15 is 0 Å². The van der Waals surface area contributed by atoms with Crippen LogP contribution in [0, 0.1) is 0 Å². The quantitative estimate of drug-likeness (QED) is 0.0846. The number of rotatable bonds is 12. The third-order valence-corrected chi connectivity index (χ3v) is 22.3. The predicted molar refractivity (Wildman–Crippen MR) is 267 cm³/mol. The van der Waals surface area contributed by atoms with Crippen LogP contribution in [0.2, 0.25) is 0 Å². The summed E-state index contributed by atoms with van der Waals surface area (Å²) in [5.74, 6) is 2.35. The summed E-state index contributed by atoms with van der Waals surface area (Å²) in [5.41, 5.74) is 0. The Bertz CT molecular complexity index is 1890. The molecule has 0 heterocycles. The molecule has 59 heavy (non-hydrogen) atoms. The summed E-state index contributed by atoms with van der Waals surface area (Å²) in [7, 11) is 3.61. The van der Waals surface area contributed by atoms with Gasteiger partial charge in [-0.1, -0.05) is 243 Å². The molecule has 0 nitrogen and oxygen atoms in total. The van der Waals surface area contributed by atoms with Gasteiger partial charge in [0, 0.05) is 11.8 Å². The van der Waals surface area contributed by atoms with Crippen LogP contribution < -0.4 is 42.4 Å². The first-order valence-electron chi connectivity index (χ1n) is 19.5. The molecule has 0 aliphatic rings. The Morgan fingerprint density at radius 3 is 0.576 bits per heavy atom. The van der Waals surface area contributed by atoms with E-state index in [2.05, 4.69) is 247 Å². The first-order chi connectivity index (χ1) is 29.2. The van der Waals surface area contributed by atoms with Crippen LogP contribution in [-0.4, -0.2) is 16.1 Å². The Labute approximate surface area is 368 Å². The Hall–Kier alpha value is -3.96. The normalized spacial score (nSPS) is 10.6. The van der Waals surface area contributed by atoms with Crippen molar-refractivity contribution in [3.05, 3.63) is 249 Å². The molecule has 0 saturated carbocycles. The smallest absolute Gasteiger partial charge is 0.00405 e. The fourth-order valence-electron chi connectivity index (χ4n) is 6.43. The van der Waals surface area contributed by atoms with Gasteiger partial charge in [-0.3, -0.25) is 0 Å². The van der Waals surface area contributed by atoms with Gasteiger partial charge < -0.3 is 0 Å². The molecule has 0 fully saturated rings. The van der Waals surface area contributed by atoms with E-state index in [4.69, 9.17) is 9.69 Å². The largest absolute Gasteiger partial charge is 0.0622 e. The molecule has 8 aromatic carbocycles. The topological polar surface area (TPSA) is 0 Å². The van der Waals surface area contributed by atoms with E-state index in [1.54, 1.807) is 0 Å². The summed E-state index contributed by atoms with van der Waals surface area (Å²) in [6, 6.07) is 88.3. The Morgan fingerprint density at radius 1 is 0.322 bits per heavy atom. The summed E-state index contributed by atoms with van der Waals surface area (Å²) in [6.07, 6.45) is 1.84. The van der Waals surface area contributed by atoms with Crippen molar-refractivity contribution in [2.24, 2.45) is 0 Å². The second-order valence-electron chi connectivity index (χ2n) is 13.1. The molecule has 0 aliphatic carbocycles. The molecule has 0 bridgehead atoms. The van der Waals surface area contributed by atoms with E-state index < -0.39 is 31.7 Å². The van der Waals surface area contributed by atoms with Crippen LogP contribution in [0.4, 0.5) is 0 Å². The molecule has 0 atom stereocenters. The van der Waals surface area contributed by atoms with Gasteiger partial charge in [-0.15, -0.1) is 0 Å². The Morgan fingerprint density at radius 2 is 0.475 bits per heavy atom. The molecule has 6 heteroatoms. The van der Waals surface area contributed by atoms with Gasteiger partial charge in [-0.25, -0.2) is 0 Å². The average Bonchev–Trinajstić information content (AvgIpc) is 3.33. The van der Waals surface area contributed by atoms with Gasteiger partial charge in [-0.05, 0) is 74.1 Å². The molecule has 0 saturated heterocycles. The number of halogens is 1. The van der Waals surface area contributed by atoms with Crippen molar-refractivity contribution >= 4 is 88.1 Å². The van der Waals surface area contributed by atoms with Crippen molar-refractivity contribution in [3.63, 3.8) is 0 Å². The minimum absolute atomic E-state index is 0.0921. The fourth-order valence-corrected chi connectivity index (χ4v) is 20.0. The molecule has 0 unspecified atom stereocenters. The van der Waals surface area contributed by atoms with Gasteiger partial charge in [0.1, 0.15) is 0 Å². The van der Waals surface area contributed by atoms with E-state index in [0.29, 0.717) is 0 Å². The van der Waals surface area contributed by atoms with Gasteiger partial charge in [0.25, 0.3) is 0 Å². The molecule has 0 N–H and O–H groups in total. The van der Waals surface area contributed by atoms with Crippen LogP contribution in [0.25, 0.3) is 0 Å². The molecule has 0 spiro atoms. The first kappa shape index (κ1) is 44.6. The van der Waals surface area contributed by atoms with E-state index in [1.807, 2.05) is 13.0 Å². The molecule has 0 aliphatic heterocycles. The molecule has 0 radical (unpaired) electrons. The van der Waals surface area contributed by atoms with Gasteiger partial charge in [0.2, 0.25) is 0 Å². The zero-order valence-corrected chi connectivity index (χ0v) is 39.2. The zero-order chi connectivity index (χ0) is 40.7. The maximum atomic E-state index is 5.25. The number of allylic oxidation sites excluding steroid dienone is 1. The van der Waals surface area contributed by atoms with E-state index in [-0.39, 0.29) is 15.7 Å². The van der Waals surface area contributed by atoms with Gasteiger partial charge in [0.05, 0.1) is 0 Å².